The third kappa shape index (κ3) is 3.46. The van der Waals surface area contributed by atoms with E-state index in [1.807, 2.05) is 0 Å². The molecule has 0 saturated carbocycles. The Balaban J connectivity index is 3.11. The molecule has 0 aliphatic heterocycles. The zero-order valence-corrected chi connectivity index (χ0v) is 11.6. The molecule has 20 heavy (non-hydrogen) atoms. The Hall–Kier alpha value is -2.59. The normalized spacial score (nSPS) is 10.6. The number of aryl methyl sites for hydroxylation is 1. The van der Waals surface area contributed by atoms with Crippen molar-refractivity contribution in [2.45, 2.75) is 6.92 Å². The number of halogens is 1. The minimum absolute atomic E-state index is 0.182. The van der Waals surface area contributed by atoms with E-state index in [0.717, 1.165) is 0 Å². The molecule has 1 aromatic rings. The van der Waals surface area contributed by atoms with Gasteiger partial charge in [0.25, 0.3) is 0 Å². The van der Waals surface area contributed by atoms with E-state index in [4.69, 9.17) is 28.0 Å². The number of hydrazone groups is 1. The van der Waals surface area contributed by atoms with Gasteiger partial charge in [-0.1, -0.05) is 11.6 Å². The standard InChI is InChI=1S/C12H12ClN5O2/c1-6-3-7(12(19)20-2)8(13)4-9(6)17-18-10(5-14)11(15)16/h3-4,17H,1-2H3,(H3,15,16)/b18-10+. The van der Waals surface area contributed by atoms with Crippen LogP contribution in [0.3, 0.4) is 0 Å². The third-order valence-corrected chi connectivity index (χ3v) is 2.68. The van der Waals surface area contributed by atoms with Crippen molar-refractivity contribution in [1.82, 2.24) is 0 Å². The predicted molar refractivity (Wildman–Crippen MR) is 76.1 cm³/mol. The van der Waals surface area contributed by atoms with Gasteiger partial charge in [0.1, 0.15) is 6.07 Å². The lowest BCUT2D eigenvalue weighted by molar-refractivity contribution is 0.0601. The molecule has 1 rings (SSSR count). The number of nitrogens with zero attached hydrogens (tertiary/aromatic N) is 2. The molecule has 7 nitrogen and oxygen atoms in total. The molecule has 0 saturated heterocycles. The van der Waals surface area contributed by atoms with Crippen LogP contribution in [0.1, 0.15) is 15.9 Å². The average molecular weight is 294 g/mol. The lowest BCUT2D eigenvalue weighted by Gasteiger charge is -2.09. The molecule has 0 amide bonds. The summed E-state index contributed by atoms with van der Waals surface area (Å²) in [5.41, 5.74) is 8.87. The van der Waals surface area contributed by atoms with Crippen LogP contribution < -0.4 is 11.2 Å². The van der Waals surface area contributed by atoms with Gasteiger partial charge in [0.2, 0.25) is 5.71 Å². The van der Waals surface area contributed by atoms with Crippen LogP contribution in [0.5, 0.6) is 0 Å². The van der Waals surface area contributed by atoms with Crippen LogP contribution in [0.25, 0.3) is 0 Å². The van der Waals surface area contributed by atoms with E-state index < -0.39 is 11.8 Å². The van der Waals surface area contributed by atoms with Crippen molar-refractivity contribution < 1.29 is 9.53 Å². The number of benzene rings is 1. The lowest BCUT2D eigenvalue weighted by atomic mass is 10.1. The minimum Gasteiger partial charge on any atom is -0.465 e. The Morgan fingerprint density at radius 3 is 2.75 bits per heavy atom. The zero-order chi connectivity index (χ0) is 15.3. The molecule has 0 aliphatic rings. The molecule has 0 aromatic heterocycles. The summed E-state index contributed by atoms with van der Waals surface area (Å²) in [7, 11) is 1.26. The number of nitriles is 1. The molecule has 0 aliphatic carbocycles. The summed E-state index contributed by atoms with van der Waals surface area (Å²) in [4.78, 5) is 11.5. The number of nitrogens with two attached hydrogens (primary N) is 1. The number of hydrogen-bond acceptors (Lipinski definition) is 6. The molecule has 0 fully saturated rings. The molecule has 0 spiro atoms. The number of nitrogens with one attached hydrogen (secondary N) is 2. The number of carbonyl (C=O) groups is 1. The molecule has 0 bridgehead atoms. The van der Waals surface area contributed by atoms with Gasteiger partial charge in [-0.2, -0.15) is 10.4 Å². The van der Waals surface area contributed by atoms with E-state index in [2.05, 4.69) is 15.3 Å². The fraction of sp³-hybridized carbons (Fsp3) is 0.167. The van der Waals surface area contributed by atoms with Crippen molar-refractivity contribution >= 4 is 34.8 Å². The highest BCUT2D eigenvalue weighted by Crippen LogP contribution is 2.25. The molecule has 104 valence electrons. The van der Waals surface area contributed by atoms with E-state index in [1.165, 1.54) is 19.2 Å². The van der Waals surface area contributed by atoms with Crippen LogP contribution in [-0.2, 0) is 4.74 Å². The van der Waals surface area contributed by atoms with Gasteiger partial charge in [0.15, 0.2) is 5.84 Å². The maximum Gasteiger partial charge on any atom is 0.339 e. The third-order valence-electron chi connectivity index (χ3n) is 2.37. The number of anilines is 1. The Morgan fingerprint density at radius 2 is 2.25 bits per heavy atom. The van der Waals surface area contributed by atoms with Crippen molar-refractivity contribution in [1.29, 1.82) is 10.7 Å². The average Bonchev–Trinajstić information content (AvgIpc) is 2.41. The molecule has 1 aromatic carbocycles. The first-order chi connectivity index (χ1) is 9.40. The van der Waals surface area contributed by atoms with E-state index in [0.29, 0.717) is 11.3 Å². The first-order valence-electron chi connectivity index (χ1n) is 5.37. The van der Waals surface area contributed by atoms with Gasteiger partial charge in [0, 0.05) is 0 Å². The number of amidine groups is 1. The monoisotopic (exact) mass is 293 g/mol. The van der Waals surface area contributed by atoms with Gasteiger partial charge < -0.3 is 10.5 Å². The molecule has 0 atom stereocenters. The van der Waals surface area contributed by atoms with Crippen LogP contribution in [-0.4, -0.2) is 24.6 Å². The molecule has 8 heteroatoms. The van der Waals surface area contributed by atoms with Gasteiger partial charge in [0.05, 0.1) is 23.4 Å². The Bertz CT molecular complexity index is 633. The molecular formula is C12H12ClN5O2. The Kier molecular flexibility index (Phi) is 5.06. The second-order valence-electron chi connectivity index (χ2n) is 3.74. The summed E-state index contributed by atoms with van der Waals surface area (Å²) in [5, 5.41) is 19.7. The second-order valence-corrected chi connectivity index (χ2v) is 4.14. The van der Waals surface area contributed by atoms with Crippen molar-refractivity contribution in [3.05, 3.63) is 28.3 Å². The van der Waals surface area contributed by atoms with E-state index in [9.17, 15) is 4.79 Å². The highest BCUT2D eigenvalue weighted by molar-refractivity contribution is 6.45. The molecule has 0 radical (unpaired) electrons. The van der Waals surface area contributed by atoms with E-state index in [1.54, 1.807) is 13.0 Å². The largest absolute Gasteiger partial charge is 0.465 e. The molecule has 0 unspecified atom stereocenters. The topological polar surface area (TPSA) is 124 Å². The first-order valence-corrected chi connectivity index (χ1v) is 5.75. The summed E-state index contributed by atoms with van der Waals surface area (Å²) in [6.07, 6.45) is 0. The number of ether oxygens (including phenoxy) is 1. The van der Waals surface area contributed by atoms with Crippen LogP contribution >= 0.6 is 11.6 Å². The van der Waals surface area contributed by atoms with Gasteiger partial charge in [-0.3, -0.25) is 10.8 Å². The zero-order valence-electron chi connectivity index (χ0n) is 10.8. The molecule has 4 N–H and O–H groups in total. The highest BCUT2D eigenvalue weighted by Gasteiger charge is 2.13. The summed E-state index contributed by atoms with van der Waals surface area (Å²) >= 11 is 5.97. The maximum atomic E-state index is 11.5. The molecule has 0 heterocycles. The van der Waals surface area contributed by atoms with Gasteiger partial charge >= 0.3 is 5.97 Å². The summed E-state index contributed by atoms with van der Waals surface area (Å²) in [6.45, 7) is 1.72. The van der Waals surface area contributed by atoms with Gasteiger partial charge in [-0.05, 0) is 24.6 Å². The summed E-state index contributed by atoms with van der Waals surface area (Å²) in [6, 6.07) is 4.68. The van der Waals surface area contributed by atoms with Gasteiger partial charge in [-0.15, -0.1) is 0 Å². The quantitative estimate of drug-likeness (QED) is 0.337. The highest BCUT2D eigenvalue weighted by atomic mass is 35.5. The van der Waals surface area contributed by atoms with E-state index in [-0.39, 0.29) is 16.3 Å². The minimum atomic E-state index is -0.547. The smallest absolute Gasteiger partial charge is 0.339 e. The number of methoxy groups -OCH3 is 1. The lowest BCUT2D eigenvalue weighted by Crippen LogP contribution is -2.22. The molecular weight excluding hydrogens is 282 g/mol. The second kappa shape index (κ2) is 6.54. The maximum absolute atomic E-state index is 11.5. The van der Waals surface area contributed by atoms with Crippen LogP contribution in [0.2, 0.25) is 5.02 Å². The Labute approximate surface area is 120 Å². The number of esters is 1. The summed E-state index contributed by atoms with van der Waals surface area (Å²) in [5.74, 6) is -0.996. The first kappa shape index (κ1) is 15.5. The van der Waals surface area contributed by atoms with Crippen LogP contribution in [0.4, 0.5) is 5.69 Å². The van der Waals surface area contributed by atoms with Crippen molar-refractivity contribution in [3.63, 3.8) is 0 Å². The van der Waals surface area contributed by atoms with Crippen LogP contribution in [0.15, 0.2) is 17.2 Å². The fourth-order valence-corrected chi connectivity index (χ4v) is 1.57. The van der Waals surface area contributed by atoms with Crippen LogP contribution in [0, 0.1) is 23.7 Å². The summed E-state index contributed by atoms with van der Waals surface area (Å²) < 4.78 is 4.60. The SMILES string of the molecule is COC(=O)c1cc(C)c(N/N=C(\C#N)C(=N)N)cc1Cl. The predicted octanol–water partition coefficient (Wildman–Crippen LogP) is 1.66. The van der Waals surface area contributed by atoms with Crippen molar-refractivity contribution in [2.24, 2.45) is 10.8 Å². The van der Waals surface area contributed by atoms with E-state index >= 15 is 0 Å². The number of hydrogen-bond donors (Lipinski definition) is 3. The fourth-order valence-electron chi connectivity index (χ4n) is 1.33. The number of carbonyl (C=O) groups excluding carboxylic acids is 1. The van der Waals surface area contributed by atoms with Gasteiger partial charge in [-0.25, -0.2) is 4.79 Å². The number of rotatable bonds is 4. The van der Waals surface area contributed by atoms with Crippen molar-refractivity contribution in [3.8, 4) is 6.07 Å². The van der Waals surface area contributed by atoms with Crippen molar-refractivity contribution in [2.75, 3.05) is 12.5 Å². The Morgan fingerprint density at radius 1 is 1.60 bits per heavy atom.